The fourth-order valence-corrected chi connectivity index (χ4v) is 3.45. The average molecular weight is 396 g/mol. The van der Waals surface area contributed by atoms with Crippen LogP contribution in [0.1, 0.15) is 17.2 Å². The van der Waals surface area contributed by atoms with Crippen molar-refractivity contribution in [3.8, 4) is 11.4 Å². The number of likely N-dealkylation sites (N-methyl/N-ethyl adjacent to an activating group) is 1. The van der Waals surface area contributed by atoms with Gasteiger partial charge in [-0.1, -0.05) is 71.9 Å². The third-order valence-electron chi connectivity index (χ3n) is 4.42. The average Bonchev–Trinajstić information content (AvgIpc) is 3.17. The predicted octanol–water partition coefficient (Wildman–Crippen LogP) is 3.29. The summed E-state index contributed by atoms with van der Waals surface area (Å²) in [6.45, 7) is 2.60. The van der Waals surface area contributed by atoms with E-state index in [2.05, 4.69) is 37.5 Å². The maximum absolute atomic E-state index is 12.3. The molecule has 0 bridgehead atoms. The Morgan fingerprint density at radius 3 is 2.54 bits per heavy atom. The van der Waals surface area contributed by atoms with Crippen LogP contribution >= 0.6 is 11.8 Å². The van der Waals surface area contributed by atoms with E-state index in [0.29, 0.717) is 17.5 Å². The van der Waals surface area contributed by atoms with Crippen molar-refractivity contribution >= 4 is 17.7 Å². The van der Waals surface area contributed by atoms with Crippen LogP contribution in [0.25, 0.3) is 11.4 Å². The largest absolute Gasteiger partial charge is 0.353 e. The van der Waals surface area contributed by atoms with E-state index < -0.39 is 0 Å². The molecule has 1 heterocycles. The van der Waals surface area contributed by atoms with Gasteiger partial charge in [-0.2, -0.15) is 0 Å². The topological polar surface area (TPSA) is 73.9 Å². The summed E-state index contributed by atoms with van der Waals surface area (Å²) in [7, 11) is 4.03. The number of aryl methyl sites for hydroxylation is 1. The van der Waals surface area contributed by atoms with Gasteiger partial charge in [0.15, 0.2) is 5.82 Å². The smallest absolute Gasteiger partial charge is 0.230 e. The number of nitrogens with zero attached hydrogens (tertiary/aromatic N) is 3. The third-order valence-corrected chi connectivity index (χ3v) is 5.27. The first-order valence-corrected chi connectivity index (χ1v) is 10.1. The SMILES string of the molecule is Cc1ccc(-c2nc(SCC(=O)NC[C@H](c3ccccc3)N(C)C)n[nH]2)cc1. The van der Waals surface area contributed by atoms with E-state index in [1.165, 1.54) is 22.9 Å². The predicted molar refractivity (Wildman–Crippen MR) is 113 cm³/mol. The minimum Gasteiger partial charge on any atom is -0.353 e. The molecular weight excluding hydrogens is 370 g/mol. The van der Waals surface area contributed by atoms with Gasteiger partial charge in [0, 0.05) is 12.1 Å². The molecule has 2 N–H and O–H groups in total. The van der Waals surface area contributed by atoms with Crippen molar-refractivity contribution in [1.29, 1.82) is 0 Å². The highest BCUT2D eigenvalue weighted by atomic mass is 32.2. The van der Waals surface area contributed by atoms with Crippen LogP contribution in [0.3, 0.4) is 0 Å². The van der Waals surface area contributed by atoms with Crippen molar-refractivity contribution in [2.24, 2.45) is 0 Å². The highest BCUT2D eigenvalue weighted by Crippen LogP contribution is 2.20. The number of thioether (sulfide) groups is 1. The lowest BCUT2D eigenvalue weighted by Gasteiger charge is -2.25. The molecule has 0 radical (unpaired) electrons. The second-order valence-electron chi connectivity index (χ2n) is 6.82. The molecule has 0 fully saturated rings. The lowest BCUT2D eigenvalue weighted by atomic mass is 10.1. The summed E-state index contributed by atoms with van der Waals surface area (Å²) in [5.74, 6) is 0.953. The van der Waals surface area contributed by atoms with Crippen molar-refractivity contribution in [2.75, 3.05) is 26.4 Å². The van der Waals surface area contributed by atoms with Gasteiger partial charge in [-0.25, -0.2) is 4.98 Å². The third kappa shape index (κ3) is 5.43. The van der Waals surface area contributed by atoms with E-state index in [0.717, 1.165) is 5.56 Å². The van der Waals surface area contributed by atoms with Crippen LogP contribution in [-0.4, -0.2) is 52.4 Å². The van der Waals surface area contributed by atoms with Gasteiger partial charge in [0.2, 0.25) is 11.1 Å². The van der Waals surface area contributed by atoms with E-state index in [4.69, 9.17) is 0 Å². The Kier molecular flexibility index (Phi) is 6.84. The standard InChI is InChI=1S/C21H25N5OS/c1-15-9-11-17(12-10-15)20-23-21(25-24-20)28-14-19(27)22-13-18(26(2)3)16-7-5-4-6-8-16/h4-12,18H,13-14H2,1-3H3,(H,22,27)(H,23,24,25)/t18-/m1/s1. The lowest BCUT2D eigenvalue weighted by molar-refractivity contribution is -0.118. The van der Waals surface area contributed by atoms with Crippen LogP contribution in [0.5, 0.6) is 0 Å². The highest BCUT2D eigenvalue weighted by Gasteiger charge is 2.15. The van der Waals surface area contributed by atoms with E-state index >= 15 is 0 Å². The Hall–Kier alpha value is -2.64. The Bertz CT molecular complexity index is 893. The Balaban J connectivity index is 1.51. The van der Waals surface area contributed by atoms with Crippen LogP contribution in [0.2, 0.25) is 0 Å². The van der Waals surface area contributed by atoms with Crippen LogP contribution in [0.15, 0.2) is 59.8 Å². The second-order valence-corrected chi connectivity index (χ2v) is 7.76. The molecular formula is C21H25N5OS. The monoisotopic (exact) mass is 395 g/mol. The number of hydrogen-bond donors (Lipinski definition) is 2. The zero-order chi connectivity index (χ0) is 19.9. The van der Waals surface area contributed by atoms with Gasteiger partial charge in [-0.15, -0.1) is 5.10 Å². The number of rotatable bonds is 8. The number of aromatic nitrogens is 3. The van der Waals surface area contributed by atoms with Crippen LogP contribution < -0.4 is 5.32 Å². The van der Waals surface area contributed by atoms with Crippen molar-refractivity contribution < 1.29 is 4.79 Å². The number of H-pyrrole nitrogens is 1. The van der Waals surface area contributed by atoms with Gasteiger partial charge < -0.3 is 10.2 Å². The molecule has 0 saturated heterocycles. The molecule has 0 spiro atoms. The quantitative estimate of drug-likeness (QED) is 0.573. The molecule has 146 valence electrons. The maximum atomic E-state index is 12.3. The molecule has 1 amide bonds. The summed E-state index contributed by atoms with van der Waals surface area (Å²) in [6, 6.07) is 18.4. The molecule has 0 unspecified atom stereocenters. The van der Waals surface area contributed by atoms with E-state index in [-0.39, 0.29) is 17.7 Å². The maximum Gasteiger partial charge on any atom is 0.230 e. The van der Waals surface area contributed by atoms with Gasteiger partial charge >= 0.3 is 0 Å². The number of carbonyl (C=O) groups excluding carboxylic acids is 1. The van der Waals surface area contributed by atoms with Gasteiger partial charge in [-0.3, -0.25) is 9.89 Å². The lowest BCUT2D eigenvalue weighted by Crippen LogP contribution is -2.35. The van der Waals surface area contributed by atoms with Crippen LogP contribution in [0.4, 0.5) is 0 Å². The van der Waals surface area contributed by atoms with E-state index in [1.807, 2.05) is 63.5 Å². The fraction of sp³-hybridized carbons (Fsp3) is 0.286. The minimum atomic E-state index is -0.0329. The summed E-state index contributed by atoms with van der Waals surface area (Å²) in [4.78, 5) is 18.8. The number of carbonyl (C=O) groups is 1. The van der Waals surface area contributed by atoms with Gasteiger partial charge in [0.05, 0.1) is 11.8 Å². The zero-order valence-electron chi connectivity index (χ0n) is 16.3. The molecule has 3 aromatic rings. The van der Waals surface area contributed by atoms with E-state index in [9.17, 15) is 4.79 Å². The molecule has 0 aliphatic carbocycles. The highest BCUT2D eigenvalue weighted by molar-refractivity contribution is 7.99. The summed E-state index contributed by atoms with van der Waals surface area (Å²) < 4.78 is 0. The van der Waals surface area contributed by atoms with Crippen molar-refractivity contribution in [3.63, 3.8) is 0 Å². The number of benzene rings is 2. The Morgan fingerprint density at radius 2 is 1.86 bits per heavy atom. The molecule has 2 aromatic carbocycles. The van der Waals surface area contributed by atoms with Gasteiger partial charge in [0.1, 0.15) is 0 Å². The van der Waals surface area contributed by atoms with Crippen molar-refractivity contribution in [2.45, 2.75) is 18.1 Å². The van der Waals surface area contributed by atoms with Crippen molar-refractivity contribution in [3.05, 3.63) is 65.7 Å². The summed E-state index contributed by atoms with van der Waals surface area (Å²) in [5.41, 5.74) is 3.35. The van der Waals surface area contributed by atoms with Crippen LogP contribution in [0, 0.1) is 6.92 Å². The molecule has 7 heteroatoms. The zero-order valence-corrected chi connectivity index (χ0v) is 17.2. The van der Waals surface area contributed by atoms with Gasteiger partial charge in [0.25, 0.3) is 0 Å². The first-order valence-electron chi connectivity index (χ1n) is 9.13. The fourth-order valence-electron chi connectivity index (χ4n) is 2.82. The van der Waals surface area contributed by atoms with Crippen LogP contribution in [-0.2, 0) is 4.79 Å². The molecule has 3 rings (SSSR count). The van der Waals surface area contributed by atoms with Crippen molar-refractivity contribution in [1.82, 2.24) is 25.4 Å². The molecule has 0 saturated carbocycles. The Morgan fingerprint density at radius 1 is 1.14 bits per heavy atom. The first-order chi connectivity index (χ1) is 13.5. The van der Waals surface area contributed by atoms with E-state index in [1.54, 1.807) is 0 Å². The first kappa shape index (κ1) is 20.1. The Labute approximate surface area is 169 Å². The number of hydrogen-bond acceptors (Lipinski definition) is 5. The molecule has 0 aliphatic heterocycles. The molecule has 6 nitrogen and oxygen atoms in total. The normalized spacial score (nSPS) is 12.1. The minimum absolute atomic E-state index is 0.0329. The molecule has 1 atom stereocenters. The molecule has 28 heavy (non-hydrogen) atoms. The summed E-state index contributed by atoms with van der Waals surface area (Å²) in [5, 5.41) is 10.7. The summed E-state index contributed by atoms with van der Waals surface area (Å²) in [6.07, 6.45) is 0. The second kappa shape index (κ2) is 9.52. The number of aromatic amines is 1. The molecule has 0 aliphatic rings. The van der Waals surface area contributed by atoms with Gasteiger partial charge in [-0.05, 0) is 26.6 Å². The number of amides is 1. The number of nitrogens with one attached hydrogen (secondary N) is 2. The summed E-state index contributed by atoms with van der Waals surface area (Å²) >= 11 is 1.32. The molecule has 1 aromatic heterocycles.